The van der Waals surface area contributed by atoms with Gasteiger partial charge in [0, 0.05) is 35.1 Å². The predicted molar refractivity (Wildman–Crippen MR) is 118 cm³/mol. The summed E-state index contributed by atoms with van der Waals surface area (Å²) in [5, 5.41) is 5.36. The summed E-state index contributed by atoms with van der Waals surface area (Å²) in [5.41, 5.74) is 4.77. The second-order valence-corrected chi connectivity index (χ2v) is 8.16. The number of fused-ring (bicyclic) bond motifs is 1. The number of hydrogen-bond acceptors (Lipinski definition) is 6. The predicted octanol–water partition coefficient (Wildman–Crippen LogP) is 5.00. The number of pyridine rings is 1. The van der Waals surface area contributed by atoms with Crippen LogP contribution in [-0.2, 0) is 13.0 Å². The third-order valence-corrected chi connectivity index (χ3v) is 6.09. The minimum Gasteiger partial charge on any atom is -0.467 e. The molecule has 0 radical (unpaired) electrons. The van der Waals surface area contributed by atoms with E-state index >= 15 is 0 Å². The molecule has 1 atom stereocenters. The highest BCUT2D eigenvalue weighted by Gasteiger charge is 2.28. The van der Waals surface area contributed by atoms with Gasteiger partial charge in [0.25, 0.3) is 5.91 Å². The van der Waals surface area contributed by atoms with E-state index in [4.69, 9.17) is 4.42 Å². The summed E-state index contributed by atoms with van der Waals surface area (Å²) < 4.78 is 5.70. The van der Waals surface area contributed by atoms with Gasteiger partial charge in [0.15, 0.2) is 5.13 Å². The molecule has 30 heavy (non-hydrogen) atoms. The van der Waals surface area contributed by atoms with E-state index in [1.165, 1.54) is 22.6 Å². The first-order valence-corrected chi connectivity index (χ1v) is 10.6. The van der Waals surface area contributed by atoms with E-state index < -0.39 is 0 Å². The number of carbonyl (C=O) groups is 1. The molecular formula is C23H20N4O2S. The number of anilines is 2. The van der Waals surface area contributed by atoms with Crippen LogP contribution in [0.2, 0.25) is 0 Å². The number of benzene rings is 1. The Morgan fingerprint density at radius 2 is 2.17 bits per heavy atom. The molecule has 4 heterocycles. The molecule has 1 unspecified atom stereocenters. The lowest BCUT2D eigenvalue weighted by atomic mass is 10.1. The van der Waals surface area contributed by atoms with Crippen molar-refractivity contribution in [2.75, 3.05) is 10.2 Å². The van der Waals surface area contributed by atoms with Crippen LogP contribution in [0, 0.1) is 0 Å². The number of nitrogens with one attached hydrogen (secondary N) is 1. The second kappa shape index (κ2) is 7.76. The van der Waals surface area contributed by atoms with Crippen LogP contribution in [0.1, 0.15) is 28.6 Å². The summed E-state index contributed by atoms with van der Waals surface area (Å²) in [5.74, 6) is 0.436. The van der Waals surface area contributed by atoms with Crippen LogP contribution in [0.25, 0.3) is 11.3 Å². The van der Waals surface area contributed by atoms with Crippen LogP contribution in [-0.4, -0.2) is 21.9 Å². The smallest absolute Gasteiger partial charge is 0.261 e. The van der Waals surface area contributed by atoms with Crippen molar-refractivity contribution in [2.45, 2.75) is 25.9 Å². The second-order valence-electron chi connectivity index (χ2n) is 7.30. The van der Waals surface area contributed by atoms with Crippen molar-refractivity contribution < 1.29 is 9.21 Å². The molecule has 1 amide bonds. The SMILES string of the molecule is CC1Cc2ccccc2N1Cc1occc1C(=O)Nc1nc(-c2cccnc2)cs1. The average molecular weight is 417 g/mol. The van der Waals surface area contributed by atoms with Gasteiger partial charge in [-0.05, 0) is 43.2 Å². The van der Waals surface area contributed by atoms with Crippen LogP contribution in [0.3, 0.4) is 0 Å². The summed E-state index contributed by atoms with van der Waals surface area (Å²) in [6.07, 6.45) is 6.04. The van der Waals surface area contributed by atoms with Crippen molar-refractivity contribution in [3.63, 3.8) is 0 Å². The Morgan fingerprint density at radius 1 is 1.27 bits per heavy atom. The molecule has 1 aromatic carbocycles. The van der Waals surface area contributed by atoms with E-state index in [-0.39, 0.29) is 5.91 Å². The highest BCUT2D eigenvalue weighted by molar-refractivity contribution is 7.14. The maximum absolute atomic E-state index is 12.9. The van der Waals surface area contributed by atoms with Gasteiger partial charge in [-0.25, -0.2) is 4.98 Å². The van der Waals surface area contributed by atoms with Gasteiger partial charge in [-0.1, -0.05) is 18.2 Å². The quantitative estimate of drug-likeness (QED) is 0.496. The first-order valence-electron chi connectivity index (χ1n) is 9.77. The molecule has 4 aromatic rings. The fourth-order valence-corrected chi connectivity index (χ4v) is 4.55. The van der Waals surface area contributed by atoms with E-state index in [2.05, 4.69) is 45.3 Å². The van der Waals surface area contributed by atoms with Crippen molar-refractivity contribution in [1.29, 1.82) is 0 Å². The van der Waals surface area contributed by atoms with Gasteiger partial charge in [-0.2, -0.15) is 0 Å². The van der Waals surface area contributed by atoms with Crippen molar-refractivity contribution in [3.05, 3.63) is 83.4 Å². The van der Waals surface area contributed by atoms with Crippen LogP contribution in [0.5, 0.6) is 0 Å². The molecular weight excluding hydrogens is 396 g/mol. The van der Waals surface area contributed by atoms with Crippen LogP contribution >= 0.6 is 11.3 Å². The zero-order chi connectivity index (χ0) is 20.5. The summed E-state index contributed by atoms with van der Waals surface area (Å²) in [6, 6.07) is 14.3. The molecule has 7 heteroatoms. The maximum Gasteiger partial charge on any atom is 0.261 e. The molecule has 1 aliphatic heterocycles. The molecule has 0 aliphatic carbocycles. The number of para-hydroxylation sites is 1. The van der Waals surface area contributed by atoms with Crippen molar-refractivity contribution in [3.8, 4) is 11.3 Å². The van der Waals surface area contributed by atoms with E-state index in [0.717, 1.165) is 17.7 Å². The summed E-state index contributed by atoms with van der Waals surface area (Å²) in [6.45, 7) is 2.74. The Bertz CT molecular complexity index is 1180. The van der Waals surface area contributed by atoms with E-state index in [1.807, 2.05) is 23.6 Å². The Labute approximate surface area is 178 Å². The van der Waals surface area contributed by atoms with Gasteiger partial charge in [-0.15, -0.1) is 11.3 Å². The lowest BCUT2D eigenvalue weighted by Gasteiger charge is -2.24. The minimum absolute atomic E-state index is 0.217. The third kappa shape index (κ3) is 3.48. The minimum atomic E-state index is -0.217. The third-order valence-electron chi connectivity index (χ3n) is 5.33. The standard InChI is InChI=1S/C23H20N4O2S/c1-15-11-16-5-2-3-7-20(16)27(15)13-21-18(8-10-29-21)22(28)26-23-25-19(14-30-23)17-6-4-9-24-12-17/h2-10,12,14-15H,11,13H2,1H3,(H,25,26,28). The topological polar surface area (TPSA) is 71.3 Å². The van der Waals surface area contributed by atoms with Gasteiger partial charge in [0.1, 0.15) is 5.76 Å². The number of nitrogens with zero attached hydrogens (tertiary/aromatic N) is 3. The van der Waals surface area contributed by atoms with Crippen molar-refractivity contribution >= 4 is 28.1 Å². The lowest BCUT2D eigenvalue weighted by molar-refractivity contribution is 0.102. The molecule has 5 rings (SSSR count). The number of amides is 1. The highest BCUT2D eigenvalue weighted by atomic mass is 32.1. The number of hydrogen-bond donors (Lipinski definition) is 1. The molecule has 0 fully saturated rings. The monoisotopic (exact) mass is 416 g/mol. The van der Waals surface area contributed by atoms with Crippen LogP contribution in [0.4, 0.5) is 10.8 Å². The van der Waals surface area contributed by atoms with Crippen molar-refractivity contribution in [1.82, 2.24) is 9.97 Å². The first-order chi connectivity index (χ1) is 14.7. The number of thiazole rings is 1. The summed E-state index contributed by atoms with van der Waals surface area (Å²) in [7, 11) is 0. The van der Waals surface area contributed by atoms with Crippen LogP contribution in [0.15, 0.2) is 70.9 Å². The normalized spacial score (nSPS) is 15.2. The average Bonchev–Trinajstić information content (AvgIpc) is 3.49. The molecule has 1 aliphatic rings. The molecule has 0 bridgehead atoms. The van der Waals surface area contributed by atoms with Crippen molar-refractivity contribution in [2.24, 2.45) is 0 Å². The summed E-state index contributed by atoms with van der Waals surface area (Å²) in [4.78, 5) is 23.8. The van der Waals surface area contributed by atoms with Gasteiger partial charge >= 0.3 is 0 Å². The van der Waals surface area contributed by atoms with E-state index in [1.54, 1.807) is 24.7 Å². The van der Waals surface area contributed by atoms with Gasteiger partial charge in [-0.3, -0.25) is 15.1 Å². The zero-order valence-corrected chi connectivity index (χ0v) is 17.2. The molecule has 0 spiro atoms. The number of furan rings is 1. The van der Waals surface area contributed by atoms with Gasteiger partial charge in [0.2, 0.25) is 0 Å². The Morgan fingerprint density at radius 3 is 3.03 bits per heavy atom. The zero-order valence-electron chi connectivity index (χ0n) is 16.4. The molecule has 150 valence electrons. The van der Waals surface area contributed by atoms with E-state index in [9.17, 15) is 4.79 Å². The van der Waals surface area contributed by atoms with Gasteiger partial charge < -0.3 is 9.32 Å². The molecule has 1 N–H and O–H groups in total. The fourth-order valence-electron chi connectivity index (χ4n) is 3.83. The first kappa shape index (κ1) is 18.6. The maximum atomic E-state index is 12.9. The van der Waals surface area contributed by atoms with Crippen LogP contribution < -0.4 is 10.2 Å². The summed E-state index contributed by atoms with van der Waals surface area (Å²) >= 11 is 1.39. The number of carbonyl (C=O) groups excluding carboxylic acids is 1. The molecule has 6 nitrogen and oxygen atoms in total. The molecule has 3 aromatic heterocycles. The Balaban J connectivity index is 1.33. The largest absolute Gasteiger partial charge is 0.467 e. The van der Waals surface area contributed by atoms with Gasteiger partial charge in [0.05, 0.1) is 24.1 Å². The molecule has 0 saturated heterocycles. The highest BCUT2D eigenvalue weighted by Crippen LogP contribution is 2.34. The lowest BCUT2D eigenvalue weighted by Crippen LogP contribution is -2.29. The number of aromatic nitrogens is 2. The molecule has 0 saturated carbocycles. The fraction of sp³-hybridized carbons (Fsp3) is 0.174. The number of rotatable bonds is 5. The van der Waals surface area contributed by atoms with E-state index in [0.29, 0.717) is 29.0 Å². The Hall–Kier alpha value is -3.45. The Kier molecular flexibility index (Phi) is 4.80.